The molecule has 0 spiro atoms. The third kappa shape index (κ3) is 3.94. The van der Waals surface area contributed by atoms with E-state index in [-0.39, 0.29) is 23.7 Å². The van der Waals surface area contributed by atoms with Gasteiger partial charge < -0.3 is 14.8 Å². The van der Waals surface area contributed by atoms with Crippen molar-refractivity contribution in [2.45, 2.75) is 45.8 Å². The van der Waals surface area contributed by atoms with E-state index in [0.717, 1.165) is 38.0 Å². The number of carbonyl (C=O) groups excluding carboxylic acids is 1. The van der Waals surface area contributed by atoms with Gasteiger partial charge in [0.05, 0.1) is 12.6 Å². The van der Waals surface area contributed by atoms with Gasteiger partial charge in [-0.05, 0) is 62.5 Å². The summed E-state index contributed by atoms with van der Waals surface area (Å²) in [7, 11) is 0. The van der Waals surface area contributed by atoms with Gasteiger partial charge in [-0.2, -0.15) is 4.39 Å². The maximum atomic E-state index is 14.4. The highest BCUT2D eigenvalue weighted by atomic mass is 19.1. The van der Waals surface area contributed by atoms with Crippen LogP contribution in [0, 0.1) is 24.2 Å². The molecule has 5 heterocycles. The lowest BCUT2D eigenvalue weighted by Crippen LogP contribution is -2.53. The van der Waals surface area contributed by atoms with Crippen LogP contribution in [0.2, 0.25) is 0 Å². The van der Waals surface area contributed by atoms with Crippen LogP contribution in [0.4, 0.5) is 9.18 Å². The number of benzene rings is 1. The summed E-state index contributed by atoms with van der Waals surface area (Å²) >= 11 is 0. The van der Waals surface area contributed by atoms with Gasteiger partial charge in [0, 0.05) is 28.8 Å². The van der Waals surface area contributed by atoms with Crippen molar-refractivity contribution in [3.05, 3.63) is 47.5 Å². The molecule has 2 bridgehead atoms. The van der Waals surface area contributed by atoms with Gasteiger partial charge in [0.15, 0.2) is 0 Å². The first-order valence-corrected chi connectivity index (χ1v) is 11.4. The summed E-state index contributed by atoms with van der Waals surface area (Å²) in [6.07, 6.45) is 1.76. The van der Waals surface area contributed by atoms with E-state index in [9.17, 15) is 9.18 Å². The van der Waals surface area contributed by atoms with Crippen LogP contribution >= 0.6 is 0 Å². The van der Waals surface area contributed by atoms with Gasteiger partial charge in [-0.25, -0.2) is 9.78 Å². The lowest BCUT2D eigenvalue weighted by Gasteiger charge is -2.44. The SMILES string of the molecule is Cc1ccc(-c2ccc3c(c2)OCC(C)(C)C3NC(=O)O[C@@H]2CN3CCC2CC3)c(F)n1. The number of ether oxygens (including phenoxy) is 2. The maximum Gasteiger partial charge on any atom is 0.407 e. The molecule has 1 N–H and O–H groups in total. The Bertz CT molecular complexity index is 1030. The Kier molecular flexibility index (Phi) is 5.32. The van der Waals surface area contributed by atoms with E-state index in [1.165, 1.54) is 0 Å². The van der Waals surface area contributed by atoms with E-state index >= 15 is 0 Å². The number of aryl methyl sites for hydroxylation is 1. The summed E-state index contributed by atoms with van der Waals surface area (Å²) in [6, 6.07) is 8.84. The van der Waals surface area contributed by atoms with Crippen LogP contribution in [0.3, 0.4) is 0 Å². The van der Waals surface area contributed by atoms with Crippen molar-refractivity contribution in [2.75, 3.05) is 26.2 Å². The van der Waals surface area contributed by atoms with Gasteiger partial charge in [-0.15, -0.1) is 0 Å². The number of amides is 1. The van der Waals surface area contributed by atoms with Crippen LogP contribution in [0.15, 0.2) is 30.3 Å². The van der Waals surface area contributed by atoms with Crippen LogP contribution in [0.1, 0.15) is 44.0 Å². The second kappa shape index (κ2) is 8.03. The number of hydrogen-bond acceptors (Lipinski definition) is 5. The number of fused-ring (bicyclic) bond motifs is 4. The quantitative estimate of drug-likeness (QED) is 0.715. The minimum absolute atomic E-state index is 0.0423. The highest BCUT2D eigenvalue weighted by Gasteiger charge is 2.41. The van der Waals surface area contributed by atoms with Gasteiger partial charge in [0.2, 0.25) is 5.95 Å². The topological polar surface area (TPSA) is 63.7 Å². The van der Waals surface area contributed by atoms with Crippen LogP contribution in [-0.2, 0) is 4.74 Å². The lowest BCUT2D eigenvalue weighted by molar-refractivity contribution is -0.0361. The minimum atomic E-state index is -0.503. The summed E-state index contributed by atoms with van der Waals surface area (Å²) in [6.45, 7) is 9.35. The van der Waals surface area contributed by atoms with E-state index in [0.29, 0.717) is 35.1 Å². The van der Waals surface area contributed by atoms with E-state index in [1.807, 2.05) is 18.2 Å². The van der Waals surface area contributed by atoms with Crippen LogP contribution in [0.5, 0.6) is 5.75 Å². The molecular weight excluding hydrogens is 409 g/mol. The predicted octanol–water partition coefficient (Wildman–Crippen LogP) is 4.48. The zero-order valence-electron chi connectivity index (χ0n) is 18.9. The lowest BCUT2D eigenvalue weighted by atomic mass is 9.78. The number of nitrogens with zero attached hydrogens (tertiary/aromatic N) is 2. The highest BCUT2D eigenvalue weighted by molar-refractivity contribution is 5.70. The second-order valence-corrected chi connectivity index (χ2v) is 9.98. The Balaban J connectivity index is 1.36. The minimum Gasteiger partial charge on any atom is -0.493 e. The zero-order valence-corrected chi connectivity index (χ0v) is 18.9. The summed E-state index contributed by atoms with van der Waals surface area (Å²) in [4.78, 5) is 19.2. The number of alkyl carbamates (subject to hydrolysis) is 1. The molecule has 7 heteroatoms. The van der Waals surface area contributed by atoms with E-state index in [4.69, 9.17) is 9.47 Å². The van der Waals surface area contributed by atoms with E-state index in [1.54, 1.807) is 19.1 Å². The Morgan fingerprint density at radius 2 is 2.03 bits per heavy atom. The molecule has 170 valence electrons. The molecule has 1 aromatic carbocycles. The molecule has 2 aromatic rings. The van der Waals surface area contributed by atoms with Gasteiger partial charge in [-0.3, -0.25) is 4.90 Å². The first kappa shape index (κ1) is 21.2. The summed E-state index contributed by atoms with van der Waals surface area (Å²) in [5, 5.41) is 3.10. The third-order valence-corrected chi connectivity index (χ3v) is 7.12. The number of halogens is 1. The Labute approximate surface area is 188 Å². The number of piperidine rings is 3. The molecule has 0 radical (unpaired) electrons. The molecule has 3 saturated heterocycles. The maximum absolute atomic E-state index is 14.4. The molecule has 0 aliphatic carbocycles. The standard InChI is InChI=1S/C25H30FN3O3/c1-15-4-6-18(23(26)27-15)17-5-7-19-20(12-17)31-14-25(2,3)22(19)28-24(30)32-21-13-29-10-8-16(21)9-11-29/h4-7,12,16,21-22H,8-11,13-14H2,1-3H3,(H,28,30)/t21-,22?/m1/s1. The van der Waals surface area contributed by atoms with Crippen LogP contribution < -0.4 is 10.1 Å². The number of aromatic nitrogens is 1. The average molecular weight is 440 g/mol. The number of rotatable bonds is 3. The van der Waals surface area contributed by atoms with E-state index in [2.05, 4.69) is 29.0 Å². The van der Waals surface area contributed by atoms with Crippen LogP contribution in [-0.4, -0.2) is 48.3 Å². The molecule has 1 unspecified atom stereocenters. The molecule has 1 aromatic heterocycles. The van der Waals surface area contributed by atoms with Crippen molar-refractivity contribution < 1.29 is 18.7 Å². The number of nitrogens with one attached hydrogen (secondary N) is 1. The molecule has 6 nitrogen and oxygen atoms in total. The molecule has 32 heavy (non-hydrogen) atoms. The van der Waals surface area contributed by atoms with Crippen LogP contribution in [0.25, 0.3) is 11.1 Å². The number of carbonyl (C=O) groups is 1. The van der Waals surface area contributed by atoms with Crippen molar-refractivity contribution >= 4 is 6.09 Å². The molecule has 2 atom stereocenters. The second-order valence-electron chi connectivity index (χ2n) is 9.98. The van der Waals surface area contributed by atoms with Gasteiger partial charge >= 0.3 is 6.09 Å². The normalized spacial score (nSPS) is 27.9. The van der Waals surface area contributed by atoms with Gasteiger partial charge in [0.1, 0.15) is 11.9 Å². The van der Waals surface area contributed by atoms with Crippen molar-refractivity contribution in [2.24, 2.45) is 11.3 Å². The Hall–Kier alpha value is -2.67. The van der Waals surface area contributed by atoms with Crippen molar-refractivity contribution in [1.29, 1.82) is 0 Å². The predicted molar refractivity (Wildman–Crippen MR) is 119 cm³/mol. The smallest absolute Gasteiger partial charge is 0.407 e. The first-order valence-electron chi connectivity index (χ1n) is 11.4. The average Bonchev–Trinajstić information content (AvgIpc) is 2.76. The number of hydrogen-bond donors (Lipinski definition) is 1. The number of pyridine rings is 1. The zero-order chi connectivity index (χ0) is 22.5. The van der Waals surface area contributed by atoms with Crippen molar-refractivity contribution in [3.63, 3.8) is 0 Å². The van der Waals surface area contributed by atoms with Gasteiger partial charge in [0.25, 0.3) is 0 Å². The van der Waals surface area contributed by atoms with Crippen molar-refractivity contribution in [3.8, 4) is 16.9 Å². The molecule has 3 fully saturated rings. The van der Waals surface area contributed by atoms with Crippen molar-refractivity contribution in [1.82, 2.24) is 15.2 Å². The third-order valence-electron chi connectivity index (χ3n) is 7.12. The molecular formula is C25H30FN3O3. The summed E-state index contributed by atoms with van der Waals surface area (Å²) < 4.78 is 26.3. The highest BCUT2D eigenvalue weighted by Crippen LogP contribution is 2.44. The first-order chi connectivity index (χ1) is 15.3. The van der Waals surface area contributed by atoms with E-state index < -0.39 is 5.95 Å². The molecule has 1 amide bonds. The monoisotopic (exact) mass is 439 g/mol. The Morgan fingerprint density at radius 3 is 2.72 bits per heavy atom. The molecule has 4 aliphatic heterocycles. The fraction of sp³-hybridized carbons (Fsp3) is 0.520. The molecule has 0 saturated carbocycles. The van der Waals surface area contributed by atoms with Gasteiger partial charge in [-0.1, -0.05) is 26.0 Å². The Morgan fingerprint density at radius 1 is 1.25 bits per heavy atom. The fourth-order valence-electron chi connectivity index (χ4n) is 5.18. The largest absolute Gasteiger partial charge is 0.493 e. The summed E-state index contributed by atoms with van der Waals surface area (Å²) in [5.41, 5.74) is 2.31. The summed E-state index contributed by atoms with van der Waals surface area (Å²) in [5.74, 6) is 0.605. The molecule has 4 aliphatic rings. The molecule has 6 rings (SSSR count). The fourth-order valence-corrected chi connectivity index (χ4v) is 5.18.